The predicted octanol–water partition coefficient (Wildman–Crippen LogP) is 6.43. The number of ether oxygens (including phenoxy) is 1. The first-order chi connectivity index (χ1) is 21.1. The largest absolute Gasteiger partial charge is 0.456 e. The van der Waals surface area contributed by atoms with Gasteiger partial charge in [0.2, 0.25) is 5.91 Å². The van der Waals surface area contributed by atoms with Crippen molar-refractivity contribution in [1.82, 2.24) is 4.90 Å². The SMILES string of the molecule is C[C@@H](c1ccccc1)N(C(=O)C=P(c1ccccc1)(c1ccccc1)c1ccccc1)[C@H]1C[C@@H](c2ccccc2)OC1=O. The number of carbonyl (C=O) groups is 2. The summed E-state index contributed by atoms with van der Waals surface area (Å²) in [6, 6.07) is 49.4. The molecule has 0 aliphatic carbocycles. The topological polar surface area (TPSA) is 46.6 Å². The van der Waals surface area contributed by atoms with Crippen molar-refractivity contribution in [1.29, 1.82) is 0 Å². The summed E-state index contributed by atoms with van der Waals surface area (Å²) in [6.45, 7) is -0.598. The maximum Gasteiger partial charge on any atom is 0.329 e. The molecule has 1 aliphatic rings. The van der Waals surface area contributed by atoms with Crippen LogP contribution in [0.4, 0.5) is 0 Å². The zero-order valence-electron chi connectivity index (χ0n) is 24.1. The molecule has 0 bridgehead atoms. The lowest BCUT2D eigenvalue weighted by Gasteiger charge is -2.34. The van der Waals surface area contributed by atoms with Gasteiger partial charge in [-0.3, -0.25) is 4.79 Å². The molecule has 0 radical (unpaired) electrons. The fourth-order valence-corrected chi connectivity index (χ4v) is 9.80. The van der Waals surface area contributed by atoms with E-state index in [1.807, 2.05) is 128 Å². The second kappa shape index (κ2) is 12.7. The molecule has 1 heterocycles. The highest BCUT2D eigenvalue weighted by Crippen LogP contribution is 2.44. The number of rotatable bonds is 8. The van der Waals surface area contributed by atoms with Gasteiger partial charge < -0.3 is 9.64 Å². The third-order valence-electron chi connectivity index (χ3n) is 8.22. The molecule has 1 saturated heterocycles. The highest BCUT2D eigenvalue weighted by Gasteiger charge is 2.43. The lowest BCUT2D eigenvalue weighted by atomic mass is 10.0. The Balaban J connectivity index is 1.54. The van der Waals surface area contributed by atoms with Crippen molar-refractivity contribution in [2.45, 2.75) is 31.5 Å². The molecule has 6 rings (SSSR count). The summed E-state index contributed by atoms with van der Waals surface area (Å²) in [7, 11) is 0. The van der Waals surface area contributed by atoms with Crippen molar-refractivity contribution in [3.8, 4) is 0 Å². The van der Waals surface area contributed by atoms with Crippen LogP contribution in [0, 0.1) is 0 Å². The van der Waals surface area contributed by atoms with Gasteiger partial charge in [0.25, 0.3) is 0 Å². The monoisotopic (exact) mass is 583 g/mol. The number of hydrogen-bond acceptors (Lipinski definition) is 3. The summed E-state index contributed by atoms with van der Waals surface area (Å²) in [5.41, 5.74) is 1.89. The van der Waals surface area contributed by atoms with Crippen LogP contribution in [0.15, 0.2) is 152 Å². The van der Waals surface area contributed by atoms with Crippen LogP contribution >= 0.6 is 6.89 Å². The molecular formula is C38H34NO3P. The van der Waals surface area contributed by atoms with Crippen LogP contribution in [-0.4, -0.2) is 28.6 Å². The number of carbonyl (C=O) groups excluding carboxylic acids is 2. The van der Waals surface area contributed by atoms with Crippen LogP contribution in [0.25, 0.3) is 0 Å². The summed E-state index contributed by atoms with van der Waals surface area (Å²) in [5.74, 6) is 1.36. The van der Waals surface area contributed by atoms with Gasteiger partial charge in [0.1, 0.15) is 12.1 Å². The smallest absolute Gasteiger partial charge is 0.329 e. The molecule has 1 amide bonds. The molecule has 0 N–H and O–H groups in total. The maximum absolute atomic E-state index is 15.0. The Morgan fingerprint density at radius 3 is 1.58 bits per heavy atom. The van der Waals surface area contributed by atoms with Crippen LogP contribution in [-0.2, 0) is 14.3 Å². The van der Waals surface area contributed by atoms with E-state index in [0.717, 1.165) is 27.0 Å². The predicted molar refractivity (Wildman–Crippen MR) is 177 cm³/mol. The van der Waals surface area contributed by atoms with E-state index in [-0.39, 0.29) is 17.9 Å². The lowest BCUT2D eigenvalue weighted by Crippen LogP contribution is -2.46. The summed E-state index contributed by atoms with van der Waals surface area (Å²) < 4.78 is 5.92. The molecule has 0 unspecified atom stereocenters. The number of esters is 1. The Hall–Kier alpha value is -4.66. The Morgan fingerprint density at radius 1 is 0.698 bits per heavy atom. The highest BCUT2D eigenvalue weighted by atomic mass is 31.2. The van der Waals surface area contributed by atoms with E-state index in [1.165, 1.54) is 0 Å². The molecule has 0 aromatic heterocycles. The average Bonchev–Trinajstić information content (AvgIpc) is 3.46. The van der Waals surface area contributed by atoms with Crippen molar-refractivity contribution in [2.75, 3.05) is 0 Å². The molecule has 5 heteroatoms. The van der Waals surface area contributed by atoms with Crippen molar-refractivity contribution < 1.29 is 14.3 Å². The fourth-order valence-electron chi connectivity index (χ4n) is 6.06. The first-order valence-corrected chi connectivity index (χ1v) is 16.5. The van der Waals surface area contributed by atoms with Gasteiger partial charge in [-0.25, -0.2) is 4.79 Å². The van der Waals surface area contributed by atoms with E-state index in [1.54, 1.807) is 4.90 Å². The number of benzene rings is 5. The van der Waals surface area contributed by atoms with E-state index < -0.39 is 19.0 Å². The zero-order chi connectivity index (χ0) is 29.6. The zero-order valence-corrected chi connectivity index (χ0v) is 25.0. The van der Waals surface area contributed by atoms with Crippen LogP contribution in [0.1, 0.15) is 36.6 Å². The van der Waals surface area contributed by atoms with Gasteiger partial charge in [0, 0.05) is 12.2 Å². The molecule has 1 aliphatic heterocycles. The molecule has 3 atom stereocenters. The van der Waals surface area contributed by atoms with E-state index >= 15 is 0 Å². The minimum atomic E-state index is -2.60. The van der Waals surface area contributed by atoms with E-state index in [2.05, 4.69) is 36.4 Å². The van der Waals surface area contributed by atoms with Crippen LogP contribution in [0.3, 0.4) is 0 Å². The van der Waals surface area contributed by atoms with Crippen molar-refractivity contribution in [3.63, 3.8) is 0 Å². The van der Waals surface area contributed by atoms with Gasteiger partial charge in [0.05, 0.1) is 6.04 Å². The highest BCUT2D eigenvalue weighted by molar-refractivity contribution is 7.95. The quantitative estimate of drug-likeness (QED) is 0.156. The third-order valence-corrected chi connectivity index (χ3v) is 12.2. The average molecular weight is 584 g/mol. The summed E-state index contributed by atoms with van der Waals surface area (Å²) in [5, 5.41) is 3.22. The van der Waals surface area contributed by atoms with Crippen molar-refractivity contribution >= 4 is 40.5 Å². The standard InChI is InChI=1S/C38H34NO3P/c1-29(30-17-7-2-8-18-30)39(35-27-36(42-38(35)41)31-19-9-3-10-20-31)37(40)28-43(32-21-11-4-12-22-32,33-23-13-5-14-24-33)34-25-15-6-16-26-34/h2-26,28-29,35-36H,27H2,1H3/t29-,35-,36-/m0/s1. The van der Waals surface area contributed by atoms with E-state index in [4.69, 9.17) is 4.74 Å². The Bertz CT molecular complexity index is 1620. The molecule has 5 aromatic rings. The number of cyclic esters (lactones) is 1. The second-order valence-electron chi connectivity index (χ2n) is 10.8. The first kappa shape index (κ1) is 28.5. The normalized spacial score (nSPS) is 17.1. The summed E-state index contributed by atoms with van der Waals surface area (Å²) >= 11 is 0. The number of nitrogens with zero attached hydrogens (tertiary/aromatic N) is 1. The van der Waals surface area contributed by atoms with Gasteiger partial charge in [-0.05, 0) is 40.9 Å². The van der Waals surface area contributed by atoms with Gasteiger partial charge in [-0.15, -0.1) is 0 Å². The minimum Gasteiger partial charge on any atom is -0.456 e. The van der Waals surface area contributed by atoms with Gasteiger partial charge in [-0.1, -0.05) is 152 Å². The van der Waals surface area contributed by atoms with Crippen LogP contribution in [0.5, 0.6) is 0 Å². The van der Waals surface area contributed by atoms with Crippen molar-refractivity contribution in [3.05, 3.63) is 163 Å². The summed E-state index contributed by atoms with van der Waals surface area (Å²) in [4.78, 5) is 30.3. The fraction of sp³-hybridized carbons (Fsp3) is 0.132. The maximum atomic E-state index is 15.0. The molecule has 4 nitrogen and oxygen atoms in total. The third kappa shape index (κ3) is 5.71. The lowest BCUT2D eigenvalue weighted by molar-refractivity contribution is -0.149. The molecule has 0 spiro atoms. The van der Waals surface area contributed by atoms with Crippen molar-refractivity contribution in [2.24, 2.45) is 0 Å². The molecule has 1 fully saturated rings. The molecule has 5 aromatic carbocycles. The van der Waals surface area contributed by atoms with Crippen LogP contribution < -0.4 is 15.9 Å². The second-order valence-corrected chi connectivity index (χ2v) is 14.0. The molecular weight excluding hydrogens is 549 g/mol. The molecule has 43 heavy (non-hydrogen) atoms. The number of amides is 1. The Labute approximate surface area is 253 Å². The molecule has 0 saturated carbocycles. The Morgan fingerprint density at radius 2 is 1.12 bits per heavy atom. The van der Waals surface area contributed by atoms with Gasteiger partial charge in [0.15, 0.2) is 0 Å². The van der Waals surface area contributed by atoms with Gasteiger partial charge >= 0.3 is 5.97 Å². The Kier molecular flexibility index (Phi) is 8.40. The molecule has 214 valence electrons. The number of hydrogen-bond donors (Lipinski definition) is 0. The summed E-state index contributed by atoms with van der Waals surface area (Å²) in [6.07, 6.45) is -0.0125. The van der Waals surface area contributed by atoms with E-state index in [0.29, 0.717) is 6.42 Å². The van der Waals surface area contributed by atoms with E-state index in [9.17, 15) is 9.59 Å². The first-order valence-electron chi connectivity index (χ1n) is 14.6. The van der Waals surface area contributed by atoms with Gasteiger partial charge in [-0.2, -0.15) is 0 Å². The van der Waals surface area contributed by atoms with Crippen LogP contribution in [0.2, 0.25) is 0 Å². The minimum absolute atomic E-state index is 0.183.